The molecule has 0 radical (unpaired) electrons. The first-order chi connectivity index (χ1) is 11.1. The van der Waals surface area contributed by atoms with E-state index in [1.807, 2.05) is 36.4 Å². The van der Waals surface area contributed by atoms with Gasteiger partial charge in [-0.3, -0.25) is 0 Å². The molecule has 23 heavy (non-hydrogen) atoms. The molecular formula is C20H23NO2. The van der Waals surface area contributed by atoms with E-state index in [0.29, 0.717) is 5.92 Å². The summed E-state index contributed by atoms with van der Waals surface area (Å²) in [5.41, 5.74) is 0. The van der Waals surface area contributed by atoms with Gasteiger partial charge in [0.15, 0.2) is 6.10 Å². The van der Waals surface area contributed by atoms with Crippen LogP contribution >= 0.6 is 0 Å². The summed E-state index contributed by atoms with van der Waals surface area (Å²) in [4.78, 5) is 2.17. The minimum absolute atomic E-state index is 0.113. The normalized spacial score (nSPS) is 14.1. The van der Waals surface area contributed by atoms with Crippen molar-refractivity contribution in [3.05, 3.63) is 66.6 Å². The Labute approximate surface area is 137 Å². The number of ether oxygens (including phenoxy) is 1. The molecule has 1 aromatic heterocycles. The second kappa shape index (κ2) is 6.88. The molecule has 0 aliphatic heterocycles. The van der Waals surface area contributed by atoms with Crippen LogP contribution in [0.5, 0.6) is 5.75 Å². The summed E-state index contributed by atoms with van der Waals surface area (Å²) in [7, 11) is 4.15. The van der Waals surface area contributed by atoms with Gasteiger partial charge in [-0.25, -0.2) is 0 Å². The lowest BCUT2D eigenvalue weighted by molar-refractivity contribution is 0.104. The summed E-state index contributed by atoms with van der Waals surface area (Å²) >= 11 is 0. The van der Waals surface area contributed by atoms with Crippen molar-refractivity contribution in [2.75, 3.05) is 20.6 Å². The first-order valence-electron chi connectivity index (χ1n) is 7.97. The van der Waals surface area contributed by atoms with Gasteiger partial charge in [0.2, 0.25) is 0 Å². The summed E-state index contributed by atoms with van der Waals surface area (Å²) in [5, 5.41) is 2.31. The van der Waals surface area contributed by atoms with Crippen LogP contribution in [0.2, 0.25) is 0 Å². The third-order valence-electron chi connectivity index (χ3n) is 4.00. The van der Waals surface area contributed by atoms with Crippen molar-refractivity contribution < 1.29 is 9.15 Å². The van der Waals surface area contributed by atoms with E-state index in [0.717, 1.165) is 23.4 Å². The molecule has 3 aromatic rings. The van der Waals surface area contributed by atoms with E-state index in [1.165, 1.54) is 5.39 Å². The number of rotatable bonds is 6. The fourth-order valence-corrected chi connectivity index (χ4v) is 3.01. The minimum atomic E-state index is -0.113. The van der Waals surface area contributed by atoms with E-state index in [4.69, 9.17) is 9.15 Å². The molecule has 2 aromatic carbocycles. The maximum absolute atomic E-state index is 6.41. The molecule has 0 spiro atoms. The van der Waals surface area contributed by atoms with E-state index in [2.05, 4.69) is 44.1 Å². The second-order valence-electron chi connectivity index (χ2n) is 6.27. The van der Waals surface area contributed by atoms with E-state index in [1.54, 1.807) is 6.26 Å². The molecule has 0 aliphatic carbocycles. The van der Waals surface area contributed by atoms with E-state index >= 15 is 0 Å². The van der Waals surface area contributed by atoms with Gasteiger partial charge in [-0.15, -0.1) is 0 Å². The molecule has 0 aliphatic rings. The number of hydrogen-bond donors (Lipinski definition) is 0. The maximum atomic E-state index is 6.41. The van der Waals surface area contributed by atoms with Gasteiger partial charge in [-0.1, -0.05) is 43.3 Å². The smallest absolute Gasteiger partial charge is 0.160 e. The van der Waals surface area contributed by atoms with Crippen LogP contribution in [0.4, 0.5) is 0 Å². The van der Waals surface area contributed by atoms with E-state index in [-0.39, 0.29) is 6.10 Å². The van der Waals surface area contributed by atoms with Crippen LogP contribution in [0, 0.1) is 5.92 Å². The van der Waals surface area contributed by atoms with Crippen molar-refractivity contribution in [1.29, 1.82) is 0 Å². The van der Waals surface area contributed by atoms with Crippen LogP contribution in [0.25, 0.3) is 10.8 Å². The summed E-state index contributed by atoms with van der Waals surface area (Å²) in [6.45, 7) is 3.12. The first-order valence-corrected chi connectivity index (χ1v) is 7.97. The molecule has 3 heteroatoms. The van der Waals surface area contributed by atoms with Crippen LogP contribution in [-0.4, -0.2) is 25.5 Å². The Bertz CT molecular complexity index is 744. The molecule has 1 heterocycles. The van der Waals surface area contributed by atoms with Gasteiger partial charge in [0.25, 0.3) is 0 Å². The van der Waals surface area contributed by atoms with Gasteiger partial charge in [0.1, 0.15) is 11.5 Å². The van der Waals surface area contributed by atoms with E-state index in [9.17, 15) is 0 Å². The Morgan fingerprint density at radius 3 is 2.52 bits per heavy atom. The van der Waals surface area contributed by atoms with Crippen molar-refractivity contribution in [3.63, 3.8) is 0 Å². The Hall–Kier alpha value is -2.26. The Morgan fingerprint density at radius 2 is 1.78 bits per heavy atom. The predicted octanol–water partition coefficient (Wildman–Crippen LogP) is 4.75. The van der Waals surface area contributed by atoms with Gasteiger partial charge in [-0.2, -0.15) is 0 Å². The van der Waals surface area contributed by atoms with Crippen molar-refractivity contribution in [1.82, 2.24) is 4.90 Å². The summed E-state index contributed by atoms with van der Waals surface area (Å²) < 4.78 is 12.1. The molecule has 3 rings (SSSR count). The van der Waals surface area contributed by atoms with Crippen molar-refractivity contribution >= 4 is 10.8 Å². The van der Waals surface area contributed by atoms with Gasteiger partial charge in [-0.05, 0) is 37.7 Å². The number of hydrogen-bond acceptors (Lipinski definition) is 3. The van der Waals surface area contributed by atoms with Gasteiger partial charge in [0.05, 0.1) is 6.26 Å². The zero-order valence-electron chi connectivity index (χ0n) is 13.9. The van der Waals surface area contributed by atoms with E-state index < -0.39 is 0 Å². The van der Waals surface area contributed by atoms with Gasteiger partial charge >= 0.3 is 0 Å². The molecule has 0 N–H and O–H groups in total. The SMILES string of the molecule is CC(CN(C)C)C(Oc1cccc2ccccc12)c1ccco1. The number of benzene rings is 2. The van der Waals surface area contributed by atoms with Gasteiger partial charge in [0, 0.05) is 17.8 Å². The lowest BCUT2D eigenvalue weighted by atomic mass is 10.0. The zero-order valence-corrected chi connectivity index (χ0v) is 13.9. The Balaban J connectivity index is 1.94. The highest BCUT2D eigenvalue weighted by Gasteiger charge is 2.25. The largest absolute Gasteiger partial charge is 0.482 e. The molecule has 0 saturated carbocycles. The molecule has 0 amide bonds. The second-order valence-corrected chi connectivity index (χ2v) is 6.27. The third kappa shape index (κ3) is 3.57. The van der Waals surface area contributed by atoms with Gasteiger partial charge < -0.3 is 14.1 Å². The Morgan fingerprint density at radius 1 is 1.00 bits per heavy atom. The first kappa shape index (κ1) is 15.6. The lowest BCUT2D eigenvalue weighted by Gasteiger charge is -2.26. The van der Waals surface area contributed by atoms with Crippen molar-refractivity contribution in [2.45, 2.75) is 13.0 Å². The average Bonchev–Trinajstić information content (AvgIpc) is 3.06. The molecule has 120 valence electrons. The van der Waals surface area contributed by atoms with Crippen LogP contribution in [0.3, 0.4) is 0 Å². The lowest BCUT2D eigenvalue weighted by Crippen LogP contribution is -2.27. The molecule has 2 unspecified atom stereocenters. The fourth-order valence-electron chi connectivity index (χ4n) is 3.01. The molecular weight excluding hydrogens is 286 g/mol. The number of nitrogens with zero attached hydrogens (tertiary/aromatic N) is 1. The molecule has 3 nitrogen and oxygen atoms in total. The highest BCUT2D eigenvalue weighted by atomic mass is 16.5. The van der Waals surface area contributed by atoms with Crippen LogP contribution in [0.1, 0.15) is 18.8 Å². The highest BCUT2D eigenvalue weighted by Crippen LogP contribution is 2.33. The molecule has 0 bridgehead atoms. The standard InChI is InChI=1S/C20H23NO2/c1-15(14-21(2)3)20(19-12-7-13-22-19)23-18-11-6-9-16-8-4-5-10-17(16)18/h4-13,15,20H,14H2,1-3H3. The maximum Gasteiger partial charge on any atom is 0.160 e. The molecule has 0 saturated heterocycles. The number of furan rings is 1. The Kier molecular flexibility index (Phi) is 4.68. The minimum Gasteiger partial charge on any atom is -0.482 e. The summed E-state index contributed by atoms with van der Waals surface area (Å²) in [5.74, 6) is 2.07. The monoisotopic (exact) mass is 309 g/mol. The van der Waals surface area contributed by atoms with Crippen LogP contribution in [-0.2, 0) is 0 Å². The zero-order chi connectivity index (χ0) is 16.2. The molecule has 0 fully saturated rings. The molecule has 2 atom stereocenters. The van der Waals surface area contributed by atoms with Crippen molar-refractivity contribution in [3.8, 4) is 5.75 Å². The van der Waals surface area contributed by atoms with Crippen LogP contribution in [0.15, 0.2) is 65.3 Å². The van der Waals surface area contributed by atoms with Crippen LogP contribution < -0.4 is 4.74 Å². The summed E-state index contributed by atoms with van der Waals surface area (Å²) in [6.07, 6.45) is 1.59. The predicted molar refractivity (Wildman–Crippen MR) is 93.7 cm³/mol. The quantitative estimate of drug-likeness (QED) is 0.657. The number of fused-ring (bicyclic) bond motifs is 1. The third-order valence-corrected chi connectivity index (χ3v) is 4.00. The summed E-state index contributed by atoms with van der Waals surface area (Å²) in [6, 6.07) is 18.4. The average molecular weight is 309 g/mol. The highest BCUT2D eigenvalue weighted by molar-refractivity contribution is 5.88. The van der Waals surface area contributed by atoms with Crippen molar-refractivity contribution in [2.24, 2.45) is 5.92 Å². The fraction of sp³-hybridized carbons (Fsp3) is 0.300. The topological polar surface area (TPSA) is 25.6 Å².